The van der Waals surface area contributed by atoms with Crippen LogP contribution in [-0.4, -0.2) is 53.9 Å². The highest BCUT2D eigenvalue weighted by Gasteiger charge is 2.50. The van der Waals surface area contributed by atoms with Crippen LogP contribution in [0.5, 0.6) is 0 Å². The fraction of sp³-hybridized carbons (Fsp3) is 0.610. The standard InChI is InChI=1S/C40H60N4O.CH4S/c1-11-16-34(37(45)27(2)3)43-30(6)36-24-40(23-35(41-25-40)33-20-15-17-28(4)21-33)26-44(36)31(7)38(39(8,9)10)42-29(5)22-32-18-13-12-14-19-32;1-2/h15,17,20-21,32,34,36,38,42-43H,2,5-7,11-14,16,18-19,22-26H2,1,3-4,8-10H3;2H,1H3/t34-,36?,38?,40-;/m0./s1. The maximum absolute atomic E-state index is 13.1. The molecule has 2 heterocycles. The highest BCUT2D eigenvalue weighted by molar-refractivity contribution is 7.79. The van der Waals surface area contributed by atoms with Crippen molar-refractivity contribution in [2.45, 2.75) is 124 Å². The van der Waals surface area contributed by atoms with E-state index in [4.69, 9.17) is 11.6 Å². The van der Waals surface area contributed by atoms with Gasteiger partial charge in [-0.3, -0.25) is 9.79 Å². The normalized spacial score (nSPS) is 22.5. The maximum Gasteiger partial charge on any atom is 0.180 e. The highest BCUT2D eigenvalue weighted by atomic mass is 32.1. The minimum Gasteiger partial charge on any atom is -0.380 e. The molecule has 6 heteroatoms. The molecule has 1 aromatic carbocycles. The van der Waals surface area contributed by atoms with Gasteiger partial charge in [0.15, 0.2) is 5.78 Å². The third kappa shape index (κ3) is 10.1. The minimum atomic E-state index is -0.318. The van der Waals surface area contributed by atoms with Crippen molar-refractivity contribution >= 4 is 24.1 Å². The number of allylic oxidation sites excluding steroid dienone is 1. The van der Waals surface area contributed by atoms with E-state index >= 15 is 0 Å². The first-order chi connectivity index (χ1) is 22.2. The highest BCUT2D eigenvalue weighted by Crippen LogP contribution is 2.47. The Balaban J connectivity index is 0.00000294. The molecule has 260 valence electrons. The Bertz CT molecular complexity index is 1320. The number of ketones is 1. The van der Waals surface area contributed by atoms with E-state index in [0.29, 0.717) is 5.57 Å². The molecular formula is C41H64N4OS. The van der Waals surface area contributed by atoms with Crippen molar-refractivity contribution in [1.29, 1.82) is 0 Å². The zero-order chi connectivity index (χ0) is 34.9. The molecule has 2 fully saturated rings. The molecule has 1 saturated carbocycles. The number of nitrogens with zero attached hydrogens (tertiary/aromatic N) is 2. The molecule has 47 heavy (non-hydrogen) atoms. The van der Waals surface area contributed by atoms with Gasteiger partial charge in [-0.1, -0.05) is 122 Å². The number of hydrogen-bond acceptors (Lipinski definition) is 6. The van der Waals surface area contributed by atoms with E-state index in [9.17, 15) is 4.79 Å². The van der Waals surface area contributed by atoms with Gasteiger partial charge in [-0.05, 0) is 68.3 Å². The molecule has 1 spiro atoms. The second kappa shape index (κ2) is 17.1. The smallest absolute Gasteiger partial charge is 0.180 e. The summed E-state index contributed by atoms with van der Waals surface area (Å²) >= 11 is 3.53. The minimum absolute atomic E-state index is 0.0000896. The van der Waals surface area contributed by atoms with Crippen LogP contribution in [0.4, 0.5) is 0 Å². The summed E-state index contributed by atoms with van der Waals surface area (Å²) in [5.74, 6) is 0.784. The van der Waals surface area contributed by atoms with Gasteiger partial charge < -0.3 is 15.5 Å². The van der Waals surface area contributed by atoms with Crippen LogP contribution in [0.2, 0.25) is 0 Å². The molecule has 2 N–H and O–H groups in total. The Morgan fingerprint density at radius 1 is 1.11 bits per heavy atom. The third-order valence-corrected chi connectivity index (χ3v) is 10.3. The fourth-order valence-electron chi connectivity index (χ4n) is 7.80. The van der Waals surface area contributed by atoms with Gasteiger partial charge in [-0.15, -0.1) is 0 Å². The lowest BCUT2D eigenvalue weighted by Gasteiger charge is -2.42. The summed E-state index contributed by atoms with van der Waals surface area (Å²) < 4.78 is 0. The van der Waals surface area contributed by atoms with Crippen LogP contribution in [0, 0.1) is 23.7 Å². The number of carbonyl (C=O) groups is 1. The Morgan fingerprint density at radius 2 is 1.79 bits per heavy atom. The third-order valence-electron chi connectivity index (χ3n) is 10.3. The number of aliphatic imine (C=N–C) groups is 1. The van der Waals surface area contributed by atoms with Crippen LogP contribution in [0.1, 0.15) is 110 Å². The molecule has 0 radical (unpaired) electrons. The van der Waals surface area contributed by atoms with Crippen molar-refractivity contribution in [1.82, 2.24) is 15.5 Å². The Labute approximate surface area is 293 Å². The summed E-state index contributed by atoms with van der Waals surface area (Å²) in [6, 6.07) is 8.40. The zero-order valence-electron chi connectivity index (χ0n) is 30.7. The van der Waals surface area contributed by atoms with Gasteiger partial charge in [0.1, 0.15) is 0 Å². The quantitative estimate of drug-likeness (QED) is 0.138. The van der Waals surface area contributed by atoms with Crippen LogP contribution < -0.4 is 10.6 Å². The first-order valence-electron chi connectivity index (χ1n) is 17.8. The van der Waals surface area contributed by atoms with Gasteiger partial charge in [0, 0.05) is 41.3 Å². The largest absolute Gasteiger partial charge is 0.380 e. The molecule has 2 aliphatic heterocycles. The molecule has 0 bridgehead atoms. The van der Waals surface area contributed by atoms with Crippen molar-refractivity contribution in [3.8, 4) is 0 Å². The lowest BCUT2D eigenvalue weighted by atomic mass is 9.81. The number of rotatable bonds is 14. The number of benzene rings is 1. The summed E-state index contributed by atoms with van der Waals surface area (Å²) in [5, 5.41) is 7.47. The summed E-state index contributed by atoms with van der Waals surface area (Å²) in [4.78, 5) is 20.7. The predicted octanol–water partition coefficient (Wildman–Crippen LogP) is 9.21. The molecule has 5 nitrogen and oxygen atoms in total. The number of carbonyl (C=O) groups excluding carboxylic acids is 1. The van der Waals surface area contributed by atoms with Gasteiger partial charge in [-0.2, -0.15) is 12.6 Å². The monoisotopic (exact) mass is 660 g/mol. The fourth-order valence-corrected chi connectivity index (χ4v) is 7.80. The molecule has 2 unspecified atom stereocenters. The Hall–Kier alpha value is -2.73. The van der Waals surface area contributed by atoms with Crippen LogP contribution in [-0.2, 0) is 4.79 Å². The van der Waals surface area contributed by atoms with E-state index in [2.05, 4.69) is 107 Å². The molecule has 1 aromatic rings. The van der Waals surface area contributed by atoms with E-state index in [1.807, 2.05) is 0 Å². The zero-order valence-corrected chi connectivity index (χ0v) is 31.6. The molecule has 3 aliphatic rings. The molecule has 0 amide bonds. The van der Waals surface area contributed by atoms with Gasteiger partial charge in [-0.25, -0.2) is 0 Å². The van der Waals surface area contributed by atoms with E-state index in [1.165, 1.54) is 48.9 Å². The lowest BCUT2D eigenvalue weighted by molar-refractivity contribution is -0.117. The van der Waals surface area contributed by atoms with Gasteiger partial charge in [0.05, 0.1) is 18.1 Å². The molecule has 1 saturated heterocycles. The topological polar surface area (TPSA) is 56.7 Å². The Kier molecular flexibility index (Phi) is 14.1. The second-order valence-corrected chi connectivity index (χ2v) is 15.6. The summed E-state index contributed by atoms with van der Waals surface area (Å²) in [6.07, 6.45) is 12.8. The van der Waals surface area contributed by atoms with Crippen LogP contribution in [0.3, 0.4) is 0 Å². The Morgan fingerprint density at radius 3 is 2.38 bits per heavy atom. The molecule has 4 atom stereocenters. The number of aryl methyl sites for hydroxylation is 1. The number of hydrogen-bond donors (Lipinski definition) is 3. The summed E-state index contributed by atoms with van der Waals surface area (Å²) in [5.41, 5.74) is 7.23. The first kappa shape index (κ1) is 38.7. The number of nitrogens with one attached hydrogen (secondary N) is 2. The van der Waals surface area contributed by atoms with E-state index in [-0.39, 0.29) is 34.7 Å². The SMILES string of the molecule is C=C(CC1CCCCC1)NC(C(=C)N1C[C@]2(CN=C(c3cccc(C)c3)C2)CC1C(=C)N[C@@H](CCC)C(=O)C(=C)C)C(C)(C)C.CS. The molecule has 0 aromatic heterocycles. The van der Waals surface area contributed by atoms with Crippen molar-refractivity contribution in [3.63, 3.8) is 0 Å². The lowest BCUT2D eigenvalue weighted by Crippen LogP contribution is -2.49. The molecule has 1 aliphatic carbocycles. The molecular weight excluding hydrogens is 597 g/mol. The first-order valence-corrected chi connectivity index (χ1v) is 18.7. The number of likely N-dealkylation sites (tertiary alicyclic amines) is 1. The van der Waals surface area contributed by atoms with Gasteiger partial charge in [0.2, 0.25) is 0 Å². The average molecular weight is 661 g/mol. The van der Waals surface area contributed by atoms with Crippen molar-refractivity contribution in [2.24, 2.45) is 21.7 Å². The van der Waals surface area contributed by atoms with Crippen molar-refractivity contribution < 1.29 is 4.79 Å². The number of Topliss-reactive ketones (excluding diaryl/α,β-unsaturated/α-hetero) is 1. The van der Waals surface area contributed by atoms with E-state index in [1.54, 1.807) is 13.2 Å². The molecule has 4 rings (SSSR count). The van der Waals surface area contributed by atoms with Gasteiger partial charge in [0.25, 0.3) is 0 Å². The van der Waals surface area contributed by atoms with Crippen LogP contribution in [0.25, 0.3) is 0 Å². The predicted molar refractivity (Wildman–Crippen MR) is 206 cm³/mol. The maximum atomic E-state index is 13.1. The van der Waals surface area contributed by atoms with Crippen molar-refractivity contribution in [2.75, 3.05) is 19.3 Å². The van der Waals surface area contributed by atoms with Crippen LogP contribution >= 0.6 is 12.6 Å². The summed E-state index contributed by atoms with van der Waals surface area (Å²) in [7, 11) is 0. The van der Waals surface area contributed by atoms with Crippen molar-refractivity contribution in [3.05, 3.63) is 84.4 Å². The van der Waals surface area contributed by atoms with Gasteiger partial charge >= 0.3 is 0 Å². The average Bonchev–Trinajstić information content (AvgIpc) is 3.63. The van der Waals surface area contributed by atoms with E-state index in [0.717, 1.165) is 68.2 Å². The number of thiol groups is 1. The summed E-state index contributed by atoms with van der Waals surface area (Å²) in [6.45, 7) is 32.4. The van der Waals surface area contributed by atoms with E-state index < -0.39 is 0 Å². The van der Waals surface area contributed by atoms with Crippen LogP contribution in [0.15, 0.2) is 78.2 Å². The second-order valence-electron chi connectivity index (χ2n) is 15.6.